The van der Waals surface area contributed by atoms with Crippen molar-refractivity contribution in [1.82, 2.24) is 5.32 Å². The van der Waals surface area contributed by atoms with Gasteiger partial charge in [0.2, 0.25) is 0 Å². The smallest absolute Gasteiger partial charge is 0.00519 e. The van der Waals surface area contributed by atoms with Gasteiger partial charge >= 0.3 is 0 Å². The Balaban J connectivity index is 3.47. The molecule has 0 heterocycles. The van der Waals surface area contributed by atoms with Gasteiger partial charge in [0.15, 0.2) is 0 Å². The molecule has 0 radical (unpaired) electrons. The molecule has 0 saturated carbocycles. The first-order chi connectivity index (χ1) is 7.20. The lowest BCUT2D eigenvalue weighted by Crippen LogP contribution is -2.06. The Morgan fingerprint density at radius 2 is 1.73 bits per heavy atom. The fourth-order valence-corrected chi connectivity index (χ4v) is 1.60. The van der Waals surface area contributed by atoms with Gasteiger partial charge in [-0.2, -0.15) is 0 Å². The topological polar surface area (TPSA) is 12.0 Å². The van der Waals surface area contributed by atoms with Crippen molar-refractivity contribution in [3.63, 3.8) is 0 Å². The molecular weight excluding hydrogens is 182 g/mol. The molecule has 0 aliphatic carbocycles. The molecule has 1 nitrogen and oxygen atoms in total. The van der Waals surface area contributed by atoms with Crippen LogP contribution in [0.5, 0.6) is 0 Å². The zero-order chi connectivity index (χ0) is 11.5. The van der Waals surface area contributed by atoms with Crippen LogP contribution in [0.4, 0.5) is 0 Å². The molecule has 0 aromatic heterocycles. The van der Waals surface area contributed by atoms with Crippen LogP contribution < -0.4 is 5.32 Å². The summed E-state index contributed by atoms with van der Waals surface area (Å²) in [6, 6.07) is 0. The Hall–Kier alpha value is -0.560. The molecule has 0 spiro atoms. The molecule has 15 heavy (non-hydrogen) atoms. The second kappa shape index (κ2) is 9.97. The van der Waals surface area contributed by atoms with Crippen LogP contribution in [0.1, 0.15) is 52.9 Å². The van der Waals surface area contributed by atoms with Crippen molar-refractivity contribution < 1.29 is 0 Å². The van der Waals surface area contributed by atoms with Crippen molar-refractivity contribution in [1.29, 1.82) is 0 Å². The van der Waals surface area contributed by atoms with E-state index in [1.807, 2.05) is 7.05 Å². The second-order valence-electron chi connectivity index (χ2n) is 4.29. The van der Waals surface area contributed by atoms with Gasteiger partial charge < -0.3 is 5.32 Å². The Labute approximate surface area is 95.7 Å². The summed E-state index contributed by atoms with van der Waals surface area (Å²) in [7, 11) is 2.02. The van der Waals surface area contributed by atoms with E-state index < -0.39 is 0 Å². The SMILES string of the molecule is C/C=C(C)\C=C(/C)CCCCCCNC. The quantitative estimate of drug-likeness (QED) is 0.469. The predicted molar refractivity (Wildman–Crippen MR) is 70.2 cm³/mol. The van der Waals surface area contributed by atoms with Crippen LogP contribution in [0.2, 0.25) is 0 Å². The van der Waals surface area contributed by atoms with Gasteiger partial charge in [-0.25, -0.2) is 0 Å². The summed E-state index contributed by atoms with van der Waals surface area (Å²) in [6.45, 7) is 7.65. The van der Waals surface area contributed by atoms with E-state index in [1.54, 1.807) is 0 Å². The van der Waals surface area contributed by atoms with E-state index in [0.29, 0.717) is 0 Å². The minimum atomic E-state index is 1.16. The number of allylic oxidation sites excluding steroid dienone is 4. The second-order valence-corrected chi connectivity index (χ2v) is 4.29. The fraction of sp³-hybridized carbons (Fsp3) is 0.714. The van der Waals surface area contributed by atoms with Crippen LogP contribution in [0.3, 0.4) is 0 Å². The molecule has 0 rings (SSSR count). The van der Waals surface area contributed by atoms with E-state index >= 15 is 0 Å². The molecule has 0 aliphatic rings. The van der Waals surface area contributed by atoms with Crippen LogP contribution in [0.25, 0.3) is 0 Å². The predicted octanol–water partition coefficient (Wildman–Crippen LogP) is 4.07. The van der Waals surface area contributed by atoms with Crippen molar-refractivity contribution in [2.45, 2.75) is 52.9 Å². The van der Waals surface area contributed by atoms with Gasteiger partial charge in [-0.15, -0.1) is 0 Å². The van der Waals surface area contributed by atoms with E-state index in [-0.39, 0.29) is 0 Å². The molecule has 0 atom stereocenters. The van der Waals surface area contributed by atoms with Crippen molar-refractivity contribution in [3.05, 3.63) is 23.3 Å². The average molecular weight is 209 g/mol. The lowest BCUT2D eigenvalue weighted by Gasteiger charge is -2.02. The standard InChI is InChI=1S/C14H27N/c1-5-13(2)12-14(3)10-8-6-7-9-11-15-4/h5,12,15H,6-11H2,1-4H3/b13-5-,14-12+. The minimum Gasteiger partial charge on any atom is -0.320 e. The summed E-state index contributed by atoms with van der Waals surface area (Å²) in [4.78, 5) is 0. The number of unbranched alkanes of at least 4 members (excludes halogenated alkanes) is 3. The summed E-state index contributed by atoms with van der Waals surface area (Å²) in [5, 5.41) is 3.18. The molecule has 0 aromatic rings. The Morgan fingerprint density at radius 1 is 1.07 bits per heavy atom. The molecule has 88 valence electrons. The summed E-state index contributed by atoms with van der Waals surface area (Å²) >= 11 is 0. The van der Waals surface area contributed by atoms with E-state index in [4.69, 9.17) is 0 Å². The number of rotatable bonds is 8. The first-order valence-electron chi connectivity index (χ1n) is 6.15. The van der Waals surface area contributed by atoms with E-state index in [2.05, 4.69) is 38.2 Å². The molecule has 0 unspecified atom stereocenters. The summed E-state index contributed by atoms with van der Waals surface area (Å²) in [5.41, 5.74) is 2.89. The van der Waals surface area contributed by atoms with Crippen molar-refractivity contribution in [2.24, 2.45) is 0 Å². The fourth-order valence-electron chi connectivity index (χ4n) is 1.60. The highest BCUT2D eigenvalue weighted by molar-refractivity contribution is 5.19. The van der Waals surface area contributed by atoms with Gasteiger partial charge in [-0.3, -0.25) is 0 Å². The molecule has 0 fully saturated rings. The van der Waals surface area contributed by atoms with Gasteiger partial charge in [0, 0.05) is 0 Å². The molecule has 0 aliphatic heterocycles. The van der Waals surface area contributed by atoms with Crippen molar-refractivity contribution in [3.8, 4) is 0 Å². The Bertz CT molecular complexity index is 201. The van der Waals surface area contributed by atoms with Crippen LogP contribution in [0.15, 0.2) is 23.3 Å². The van der Waals surface area contributed by atoms with Gasteiger partial charge in [0.05, 0.1) is 0 Å². The summed E-state index contributed by atoms with van der Waals surface area (Å²) in [5.74, 6) is 0. The highest BCUT2D eigenvalue weighted by Gasteiger charge is 1.92. The molecule has 1 heteroatoms. The number of nitrogens with one attached hydrogen (secondary N) is 1. The monoisotopic (exact) mass is 209 g/mol. The van der Waals surface area contributed by atoms with Crippen LogP contribution in [0, 0.1) is 0 Å². The average Bonchev–Trinajstić information content (AvgIpc) is 2.23. The van der Waals surface area contributed by atoms with E-state index in [1.165, 1.54) is 43.3 Å². The molecule has 0 aromatic carbocycles. The molecule has 0 bridgehead atoms. The number of hydrogen-bond donors (Lipinski definition) is 1. The van der Waals surface area contributed by atoms with E-state index in [0.717, 1.165) is 6.54 Å². The van der Waals surface area contributed by atoms with Crippen LogP contribution >= 0.6 is 0 Å². The maximum Gasteiger partial charge on any atom is -0.00519 e. The van der Waals surface area contributed by atoms with Crippen LogP contribution in [-0.2, 0) is 0 Å². The lowest BCUT2D eigenvalue weighted by molar-refractivity contribution is 0.615. The van der Waals surface area contributed by atoms with Crippen molar-refractivity contribution in [2.75, 3.05) is 13.6 Å². The van der Waals surface area contributed by atoms with Gasteiger partial charge in [-0.05, 0) is 53.6 Å². The molecule has 1 N–H and O–H groups in total. The van der Waals surface area contributed by atoms with E-state index in [9.17, 15) is 0 Å². The molecular formula is C14H27N. The minimum absolute atomic E-state index is 1.16. The Morgan fingerprint density at radius 3 is 2.33 bits per heavy atom. The third kappa shape index (κ3) is 9.74. The zero-order valence-electron chi connectivity index (χ0n) is 10.9. The maximum absolute atomic E-state index is 3.18. The Kier molecular flexibility index (Phi) is 9.60. The summed E-state index contributed by atoms with van der Waals surface area (Å²) in [6.07, 6.45) is 11.1. The third-order valence-electron chi connectivity index (χ3n) is 2.68. The molecule has 0 saturated heterocycles. The lowest BCUT2D eigenvalue weighted by atomic mass is 10.1. The molecule has 0 amide bonds. The van der Waals surface area contributed by atoms with Gasteiger partial charge in [0.25, 0.3) is 0 Å². The highest BCUT2D eigenvalue weighted by Crippen LogP contribution is 2.11. The van der Waals surface area contributed by atoms with Gasteiger partial charge in [0.1, 0.15) is 0 Å². The largest absolute Gasteiger partial charge is 0.320 e. The van der Waals surface area contributed by atoms with Gasteiger partial charge in [-0.1, -0.05) is 36.1 Å². The third-order valence-corrected chi connectivity index (χ3v) is 2.68. The number of hydrogen-bond acceptors (Lipinski definition) is 1. The van der Waals surface area contributed by atoms with Crippen LogP contribution in [-0.4, -0.2) is 13.6 Å². The van der Waals surface area contributed by atoms with Crippen molar-refractivity contribution >= 4 is 0 Å². The zero-order valence-corrected chi connectivity index (χ0v) is 10.9. The summed E-state index contributed by atoms with van der Waals surface area (Å²) < 4.78 is 0. The normalized spacial score (nSPS) is 13.3. The highest BCUT2D eigenvalue weighted by atomic mass is 14.8. The maximum atomic E-state index is 3.18. The first-order valence-corrected chi connectivity index (χ1v) is 6.15. The first kappa shape index (κ1) is 14.4.